The minimum absolute atomic E-state index is 0.0257. The van der Waals surface area contributed by atoms with E-state index in [-0.39, 0.29) is 29.2 Å². The molecule has 1 saturated heterocycles. The third kappa shape index (κ3) is 7.03. The molecule has 11 nitrogen and oxygen atoms in total. The van der Waals surface area contributed by atoms with Crippen LogP contribution in [0.5, 0.6) is 11.5 Å². The van der Waals surface area contributed by atoms with Crippen molar-refractivity contribution in [3.05, 3.63) is 64.7 Å². The fourth-order valence-electron chi connectivity index (χ4n) is 3.30. The first-order valence-corrected chi connectivity index (χ1v) is 12.2. The Bertz CT molecular complexity index is 1060. The number of hydrogen-bond acceptors (Lipinski definition) is 8. The van der Waals surface area contributed by atoms with E-state index in [0.29, 0.717) is 25.9 Å². The van der Waals surface area contributed by atoms with Crippen LogP contribution >= 0.6 is 7.75 Å². The van der Waals surface area contributed by atoms with Crippen molar-refractivity contribution in [1.29, 1.82) is 0 Å². The number of carbonyl (C=O) groups excluding carboxylic acids is 2. The lowest BCUT2D eigenvalue weighted by Gasteiger charge is -2.31. The number of nitro benzene ring substituents is 1. The molecule has 2 aromatic rings. The van der Waals surface area contributed by atoms with Gasteiger partial charge in [-0.2, -0.15) is 5.09 Å². The van der Waals surface area contributed by atoms with Gasteiger partial charge in [0.1, 0.15) is 23.6 Å². The Morgan fingerprint density at radius 1 is 1.06 bits per heavy atom. The number of non-ortho nitro benzene ring substituents is 1. The number of para-hydroxylation sites is 1. The third-order valence-electron chi connectivity index (χ3n) is 5.12. The van der Waals surface area contributed by atoms with Gasteiger partial charge in [0.15, 0.2) is 0 Å². The molecular weight excluding hydrogens is 465 g/mol. The molecular formula is C22H26N3O8P. The Morgan fingerprint density at radius 3 is 2.15 bits per heavy atom. The molecule has 0 bridgehead atoms. The number of rotatable bonds is 9. The van der Waals surface area contributed by atoms with Crippen LogP contribution in [0.1, 0.15) is 26.7 Å². The van der Waals surface area contributed by atoms with Crippen LogP contribution in [0.3, 0.4) is 0 Å². The van der Waals surface area contributed by atoms with Crippen molar-refractivity contribution >= 4 is 25.3 Å². The SMILES string of the molecule is CC(=O)N1CCC(OC(=O)C(C)NP(=O)(Oc2ccccc2)Oc2ccc([N+](=O)[O-])cc2)CC1. The molecule has 1 amide bonds. The monoisotopic (exact) mass is 491 g/mol. The maximum Gasteiger partial charge on any atom is 0.513 e. The van der Waals surface area contributed by atoms with Crippen LogP contribution in [0.25, 0.3) is 0 Å². The van der Waals surface area contributed by atoms with Crippen LogP contribution in [0, 0.1) is 10.1 Å². The zero-order valence-electron chi connectivity index (χ0n) is 18.8. The summed E-state index contributed by atoms with van der Waals surface area (Å²) in [5, 5.41) is 13.5. The quantitative estimate of drug-likeness (QED) is 0.241. The van der Waals surface area contributed by atoms with Crippen molar-refractivity contribution in [3.63, 3.8) is 0 Å². The molecule has 3 rings (SSSR count). The Labute approximate surface area is 196 Å². The van der Waals surface area contributed by atoms with Crippen LogP contribution < -0.4 is 14.1 Å². The number of ether oxygens (including phenoxy) is 1. The van der Waals surface area contributed by atoms with Gasteiger partial charge < -0.3 is 18.7 Å². The first kappa shape index (κ1) is 25.2. The van der Waals surface area contributed by atoms with Gasteiger partial charge >= 0.3 is 13.7 Å². The molecule has 0 aromatic heterocycles. The molecule has 182 valence electrons. The highest BCUT2D eigenvalue weighted by Crippen LogP contribution is 2.45. The van der Waals surface area contributed by atoms with Crippen LogP contribution in [0.2, 0.25) is 0 Å². The lowest BCUT2D eigenvalue weighted by Crippen LogP contribution is -2.43. The summed E-state index contributed by atoms with van der Waals surface area (Å²) in [5.41, 5.74) is -0.160. The number of likely N-dealkylation sites (tertiary alicyclic amines) is 1. The molecule has 1 aliphatic rings. The number of nitrogens with zero attached hydrogens (tertiary/aromatic N) is 2. The van der Waals surface area contributed by atoms with Gasteiger partial charge in [0.2, 0.25) is 5.91 Å². The second-order valence-corrected chi connectivity index (χ2v) is 9.36. The number of carbonyl (C=O) groups is 2. The van der Waals surface area contributed by atoms with E-state index in [0.717, 1.165) is 0 Å². The maximum absolute atomic E-state index is 13.6. The van der Waals surface area contributed by atoms with Crippen LogP contribution in [0.15, 0.2) is 54.6 Å². The summed E-state index contributed by atoms with van der Waals surface area (Å²) < 4.78 is 30.2. The summed E-state index contributed by atoms with van der Waals surface area (Å²) in [5.74, 6) is -0.389. The number of nitrogens with one attached hydrogen (secondary N) is 1. The van der Waals surface area contributed by atoms with E-state index in [9.17, 15) is 24.3 Å². The van der Waals surface area contributed by atoms with Crippen molar-refractivity contribution in [1.82, 2.24) is 9.99 Å². The van der Waals surface area contributed by atoms with Gasteiger partial charge in [0, 0.05) is 45.0 Å². The fourth-order valence-corrected chi connectivity index (χ4v) is 4.82. The number of hydrogen-bond donors (Lipinski definition) is 1. The number of benzene rings is 2. The van der Waals surface area contributed by atoms with E-state index in [4.69, 9.17) is 13.8 Å². The van der Waals surface area contributed by atoms with E-state index < -0.39 is 24.7 Å². The zero-order chi connectivity index (χ0) is 24.7. The van der Waals surface area contributed by atoms with Crippen LogP contribution in [-0.2, 0) is 18.9 Å². The molecule has 12 heteroatoms. The van der Waals surface area contributed by atoms with Gasteiger partial charge in [0.25, 0.3) is 5.69 Å². The summed E-state index contributed by atoms with van der Waals surface area (Å²) >= 11 is 0. The summed E-state index contributed by atoms with van der Waals surface area (Å²) in [4.78, 5) is 36.1. The Balaban J connectivity index is 1.68. The number of piperidine rings is 1. The normalized spacial score (nSPS) is 16.7. The molecule has 0 saturated carbocycles. The maximum atomic E-state index is 13.6. The number of amides is 1. The van der Waals surface area contributed by atoms with E-state index >= 15 is 0 Å². The summed E-state index contributed by atoms with van der Waals surface area (Å²) in [7, 11) is -4.16. The van der Waals surface area contributed by atoms with Crippen LogP contribution in [-0.4, -0.2) is 46.9 Å². The highest BCUT2D eigenvalue weighted by molar-refractivity contribution is 7.52. The Hall–Kier alpha value is -3.43. The lowest BCUT2D eigenvalue weighted by molar-refractivity contribution is -0.384. The van der Waals surface area contributed by atoms with Gasteiger partial charge in [-0.25, -0.2) is 4.57 Å². The van der Waals surface area contributed by atoms with E-state index in [1.54, 1.807) is 35.2 Å². The molecule has 1 aliphatic heterocycles. The molecule has 34 heavy (non-hydrogen) atoms. The average Bonchev–Trinajstić information content (AvgIpc) is 2.80. The van der Waals surface area contributed by atoms with Gasteiger partial charge in [-0.15, -0.1) is 0 Å². The predicted molar refractivity (Wildman–Crippen MR) is 122 cm³/mol. The first-order chi connectivity index (χ1) is 16.1. The molecule has 1 heterocycles. The van der Waals surface area contributed by atoms with Crippen molar-refractivity contribution < 1.29 is 32.9 Å². The molecule has 0 aliphatic carbocycles. The Morgan fingerprint density at radius 2 is 1.62 bits per heavy atom. The van der Waals surface area contributed by atoms with Gasteiger partial charge in [0.05, 0.1) is 4.92 Å². The second-order valence-electron chi connectivity index (χ2n) is 7.74. The standard InChI is InChI=1S/C22H26N3O8P/c1-16(22(27)31-19-12-14-24(15-13-19)17(2)26)23-34(30,32-20-6-4-3-5-7-20)33-21-10-8-18(9-11-21)25(28)29/h3-11,16,19H,12-15H2,1-2H3,(H,23,30). The summed E-state index contributed by atoms with van der Waals surface area (Å²) in [6.45, 7) is 3.95. The van der Waals surface area contributed by atoms with Crippen molar-refractivity contribution in [2.45, 2.75) is 38.8 Å². The Kier molecular flexibility index (Phi) is 8.25. The number of esters is 1. The molecule has 1 fully saturated rings. The third-order valence-corrected chi connectivity index (χ3v) is 6.72. The topological polar surface area (TPSA) is 137 Å². The van der Waals surface area contributed by atoms with Gasteiger partial charge in [-0.1, -0.05) is 18.2 Å². The van der Waals surface area contributed by atoms with Crippen molar-refractivity contribution in [2.24, 2.45) is 0 Å². The smallest absolute Gasteiger partial charge is 0.461 e. The van der Waals surface area contributed by atoms with Crippen molar-refractivity contribution in [2.75, 3.05) is 13.1 Å². The second kappa shape index (κ2) is 11.1. The van der Waals surface area contributed by atoms with E-state index in [1.165, 1.54) is 38.1 Å². The largest absolute Gasteiger partial charge is 0.513 e. The minimum Gasteiger partial charge on any atom is -0.461 e. The summed E-state index contributed by atoms with van der Waals surface area (Å²) in [6.07, 6.45) is 0.655. The predicted octanol–water partition coefficient (Wildman–Crippen LogP) is 3.69. The zero-order valence-corrected chi connectivity index (χ0v) is 19.7. The van der Waals surface area contributed by atoms with E-state index in [2.05, 4.69) is 5.09 Å². The van der Waals surface area contributed by atoms with Gasteiger partial charge in [-0.3, -0.25) is 19.7 Å². The highest BCUT2D eigenvalue weighted by atomic mass is 31.2. The molecule has 2 atom stereocenters. The first-order valence-electron chi connectivity index (χ1n) is 10.7. The average molecular weight is 491 g/mol. The van der Waals surface area contributed by atoms with Crippen LogP contribution in [0.4, 0.5) is 5.69 Å². The molecule has 2 aromatic carbocycles. The highest BCUT2D eigenvalue weighted by Gasteiger charge is 2.35. The van der Waals surface area contributed by atoms with Gasteiger partial charge in [-0.05, 0) is 31.2 Å². The molecule has 0 radical (unpaired) electrons. The minimum atomic E-state index is -4.16. The molecule has 0 spiro atoms. The van der Waals surface area contributed by atoms with E-state index in [1.807, 2.05) is 0 Å². The molecule has 1 N–H and O–H groups in total. The fraction of sp³-hybridized carbons (Fsp3) is 0.364. The van der Waals surface area contributed by atoms with Crippen molar-refractivity contribution in [3.8, 4) is 11.5 Å². The number of nitro groups is 1. The lowest BCUT2D eigenvalue weighted by atomic mass is 10.1. The molecule has 2 unspecified atom stereocenters. The summed E-state index contributed by atoms with van der Waals surface area (Å²) in [6, 6.07) is 12.2.